The number of anilines is 1. The molecule has 1 unspecified atom stereocenters. The number of aromatic nitrogens is 2. The molecule has 1 saturated heterocycles. The summed E-state index contributed by atoms with van der Waals surface area (Å²) in [6, 6.07) is 23.8. The Kier molecular flexibility index (Phi) is 11.3. The second kappa shape index (κ2) is 16.4. The SMILES string of the molecule is C=C1CCC(N2C(=O)c3cccc(NCCOCCCc4ccc(COc5ccc(-c6cc(C)nn6C)c(O)c5-c5ccc(Cl)c(C)c5)cc4)c3C2=O)C(=O)N1. The van der Waals surface area contributed by atoms with Crippen molar-refractivity contribution in [3.05, 3.63) is 130 Å². The minimum absolute atomic E-state index is 0.112. The number of aromatic hydroxyl groups is 1. The molecule has 0 radical (unpaired) electrons. The lowest BCUT2D eigenvalue weighted by Gasteiger charge is -2.29. The van der Waals surface area contributed by atoms with Crippen LogP contribution >= 0.6 is 11.6 Å². The average Bonchev–Trinajstić information content (AvgIpc) is 3.65. The minimum Gasteiger partial charge on any atom is -0.506 e. The van der Waals surface area contributed by atoms with Crippen molar-refractivity contribution in [2.24, 2.45) is 7.05 Å². The van der Waals surface area contributed by atoms with Gasteiger partial charge in [-0.05, 0) is 104 Å². The molecular formula is C44H44ClN5O6. The van der Waals surface area contributed by atoms with E-state index in [1.54, 1.807) is 22.9 Å². The number of hydrogen-bond acceptors (Lipinski definition) is 8. The third-order valence-electron chi connectivity index (χ3n) is 10.2. The first-order valence-corrected chi connectivity index (χ1v) is 19.0. The van der Waals surface area contributed by atoms with E-state index in [0.29, 0.717) is 78.1 Å². The number of hydrogen-bond donors (Lipinski definition) is 3. The Morgan fingerprint density at radius 2 is 1.73 bits per heavy atom. The first-order chi connectivity index (χ1) is 27.0. The van der Waals surface area contributed by atoms with Gasteiger partial charge in [-0.2, -0.15) is 5.10 Å². The fourth-order valence-corrected chi connectivity index (χ4v) is 7.40. The molecule has 2 aliphatic heterocycles. The number of carbonyl (C=O) groups is 3. The van der Waals surface area contributed by atoms with E-state index in [9.17, 15) is 19.5 Å². The molecule has 4 aromatic carbocycles. The number of ether oxygens (including phenoxy) is 2. The topological polar surface area (TPSA) is 135 Å². The molecule has 0 saturated carbocycles. The third-order valence-corrected chi connectivity index (χ3v) is 10.6. The molecule has 0 spiro atoms. The summed E-state index contributed by atoms with van der Waals surface area (Å²) in [6.45, 7) is 9.35. The van der Waals surface area contributed by atoms with Crippen molar-refractivity contribution in [3.8, 4) is 33.9 Å². The molecule has 1 fully saturated rings. The number of imide groups is 1. The molecule has 1 atom stereocenters. The summed E-state index contributed by atoms with van der Waals surface area (Å²) < 4.78 is 14.0. The highest BCUT2D eigenvalue weighted by atomic mass is 35.5. The van der Waals surface area contributed by atoms with E-state index < -0.39 is 17.9 Å². The lowest BCUT2D eigenvalue weighted by molar-refractivity contribution is -0.125. The standard InChI is InChI=1S/C44H44ClN5O6/c1-26-23-31(15-17-34(26)45)39-38(19-16-32(41(39)51)37-24-28(3)48-49(37)4)56-25-30-13-11-29(12-14-30)7-6-21-55-22-20-46-35-9-5-8-33-40(35)44(54)50(43(33)53)36-18-10-27(2)47-42(36)52/h5,8-9,11-17,19,23-24,36,46,51H,2,6-7,10,18,20-22,25H2,1,3-4H3,(H,47,52). The number of rotatable bonds is 14. The monoisotopic (exact) mass is 773 g/mol. The van der Waals surface area contributed by atoms with Gasteiger partial charge in [-0.15, -0.1) is 0 Å². The van der Waals surface area contributed by atoms with Crippen LogP contribution in [0.2, 0.25) is 5.02 Å². The summed E-state index contributed by atoms with van der Waals surface area (Å²) in [5.74, 6) is -0.650. The van der Waals surface area contributed by atoms with E-state index >= 15 is 0 Å². The molecule has 288 valence electrons. The molecule has 12 heteroatoms. The Morgan fingerprint density at radius 3 is 2.46 bits per heavy atom. The lowest BCUT2D eigenvalue weighted by atomic mass is 9.97. The highest BCUT2D eigenvalue weighted by molar-refractivity contribution is 6.31. The first-order valence-electron chi connectivity index (χ1n) is 18.7. The lowest BCUT2D eigenvalue weighted by Crippen LogP contribution is -2.51. The van der Waals surface area contributed by atoms with Crippen molar-refractivity contribution in [2.45, 2.75) is 52.2 Å². The van der Waals surface area contributed by atoms with Crippen LogP contribution in [0.4, 0.5) is 5.69 Å². The Labute approximate surface area is 330 Å². The summed E-state index contributed by atoms with van der Waals surface area (Å²) in [5, 5.41) is 22.6. The Bertz CT molecular complexity index is 2340. The number of benzene rings is 4. The molecule has 3 amide bonds. The fourth-order valence-electron chi connectivity index (χ4n) is 7.29. The van der Waals surface area contributed by atoms with Gasteiger partial charge in [0.15, 0.2) is 0 Å². The first kappa shape index (κ1) is 38.4. The van der Waals surface area contributed by atoms with Crippen molar-refractivity contribution in [1.29, 1.82) is 0 Å². The molecule has 2 aliphatic rings. The molecule has 1 aromatic heterocycles. The van der Waals surface area contributed by atoms with Crippen LogP contribution in [0.25, 0.3) is 22.4 Å². The van der Waals surface area contributed by atoms with Crippen LogP contribution in [-0.4, -0.2) is 63.3 Å². The van der Waals surface area contributed by atoms with Crippen molar-refractivity contribution in [1.82, 2.24) is 20.0 Å². The van der Waals surface area contributed by atoms with Gasteiger partial charge in [-0.25, -0.2) is 0 Å². The molecule has 0 bridgehead atoms. The second-order valence-corrected chi connectivity index (χ2v) is 14.6. The molecule has 0 aliphatic carbocycles. The molecule has 56 heavy (non-hydrogen) atoms. The number of aryl methyl sites for hydroxylation is 4. The van der Waals surface area contributed by atoms with Gasteiger partial charge in [0.1, 0.15) is 24.1 Å². The molecular weight excluding hydrogens is 730 g/mol. The number of fused-ring (bicyclic) bond motifs is 1. The quantitative estimate of drug-likeness (QED) is 0.0771. The zero-order chi connectivity index (χ0) is 39.5. The van der Waals surface area contributed by atoms with Gasteiger partial charge in [0, 0.05) is 42.2 Å². The van der Waals surface area contributed by atoms with Gasteiger partial charge in [0.25, 0.3) is 11.8 Å². The number of carbonyl (C=O) groups excluding carboxylic acids is 3. The van der Waals surface area contributed by atoms with Gasteiger partial charge in [0.05, 0.1) is 34.7 Å². The van der Waals surface area contributed by atoms with Crippen LogP contribution in [0.5, 0.6) is 11.5 Å². The predicted octanol–water partition coefficient (Wildman–Crippen LogP) is 7.76. The molecule has 7 rings (SSSR count). The number of nitrogens with zero attached hydrogens (tertiary/aromatic N) is 3. The largest absolute Gasteiger partial charge is 0.506 e. The van der Waals surface area contributed by atoms with E-state index in [0.717, 1.165) is 45.8 Å². The van der Waals surface area contributed by atoms with Gasteiger partial charge in [-0.1, -0.05) is 54.6 Å². The summed E-state index contributed by atoms with van der Waals surface area (Å²) in [6.07, 6.45) is 2.52. The highest BCUT2D eigenvalue weighted by Crippen LogP contribution is 2.45. The van der Waals surface area contributed by atoms with Crippen LogP contribution in [0, 0.1) is 13.8 Å². The molecule has 3 heterocycles. The highest BCUT2D eigenvalue weighted by Gasteiger charge is 2.45. The average molecular weight is 774 g/mol. The smallest absolute Gasteiger partial charge is 0.264 e. The van der Waals surface area contributed by atoms with E-state index in [1.165, 1.54) is 5.56 Å². The number of phenolic OH excluding ortho intramolecular Hbond substituents is 1. The maximum Gasteiger partial charge on any atom is 0.264 e. The zero-order valence-electron chi connectivity index (χ0n) is 31.7. The third kappa shape index (κ3) is 7.91. The normalized spacial score (nSPS) is 15.3. The van der Waals surface area contributed by atoms with Crippen molar-refractivity contribution < 1.29 is 29.0 Å². The summed E-state index contributed by atoms with van der Waals surface area (Å²) in [4.78, 5) is 40.1. The van der Waals surface area contributed by atoms with Crippen LogP contribution < -0.4 is 15.4 Å². The van der Waals surface area contributed by atoms with Gasteiger partial charge >= 0.3 is 0 Å². The molecule has 3 N–H and O–H groups in total. The number of piperidine rings is 1. The number of amides is 3. The van der Waals surface area contributed by atoms with Crippen LogP contribution in [0.1, 0.15) is 62.4 Å². The Hall–Kier alpha value is -5.91. The van der Waals surface area contributed by atoms with Gasteiger partial charge in [0.2, 0.25) is 5.91 Å². The summed E-state index contributed by atoms with van der Waals surface area (Å²) >= 11 is 6.34. The number of nitrogens with one attached hydrogen (secondary N) is 2. The Balaban J connectivity index is 0.899. The fraction of sp³-hybridized carbons (Fsp3) is 0.273. The van der Waals surface area contributed by atoms with Gasteiger partial charge < -0.3 is 25.2 Å². The molecule has 5 aromatic rings. The predicted molar refractivity (Wildman–Crippen MR) is 216 cm³/mol. The Morgan fingerprint density at radius 1 is 0.946 bits per heavy atom. The summed E-state index contributed by atoms with van der Waals surface area (Å²) in [5.41, 5.74) is 8.47. The van der Waals surface area contributed by atoms with Gasteiger partial charge in [-0.3, -0.25) is 24.0 Å². The number of allylic oxidation sites excluding steroid dienone is 1. The minimum atomic E-state index is -0.853. The van der Waals surface area contributed by atoms with Crippen molar-refractivity contribution in [2.75, 3.05) is 25.1 Å². The van der Waals surface area contributed by atoms with E-state index in [-0.39, 0.29) is 17.2 Å². The molecule has 11 nitrogen and oxygen atoms in total. The maximum atomic E-state index is 13.4. The van der Waals surface area contributed by atoms with Crippen molar-refractivity contribution in [3.63, 3.8) is 0 Å². The second-order valence-electron chi connectivity index (χ2n) is 14.2. The van der Waals surface area contributed by atoms with Crippen LogP contribution in [0.15, 0.2) is 91.1 Å². The van der Waals surface area contributed by atoms with Crippen LogP contribution in [0.3, 0.4) is 0 Å². The van der Waals surface area contributed by atoms with Crippen molar-refractivity contribution >= 4 is 35.0 Å². The zero-order valence-corrected chi connectivity index (χ0v) is 32.4. The van der Waals surface area contributed by atoms with Crippen LogP contribution in [-0.2, 0) is 29.6 Å². The maximum absolute atomic E-state index is 13.4. The van der Waals surface area contributed by atoms with E-state index in [4.69, 9.17) is 21.1 Å². The summed E-state index contributed by atoms with van der Waals surface area (Å²) in [7, 11) is 1.86. The number of phenols is 1. The van der Waals surface area contributed by atoms with E-state index in [2.05, 4.69) is 34.4 Å². The van der Waals surface area contributed by atoms with E-state index in [1.807, 2.05) is 69.4 Å². The number of halogens is 1.